The predicted molar refractivity (Wildman–Crippen MR) is 85.0 cm³/mol. The number of hydrogen-bond donors (Lipinski definition) is 2. The van der Waals surface area contributed by atoms with Crippen LogP contribution in [0.5, 0.6) is 5.75 Å². The number of hydrogen-bond acceptors (Lipinski definition) is 3. The number of rotatable bonds is 7. The maximum Gasteiger partial charge on any atom is 0.326 e. The summed E-state index contributed by atoms with van der Waals surface area (Å²) >= 11 is 0. The number of methoxy groups -OCH3 is 1. The first kappa shape index (κ1) is 17.8. The molecule has 5 heteroatoms. The third kappa shape index (κ3) is 4.10. The summed E-state index contributed by atoms with van der Waals surface area (Å²) in [6.45, 7) is 5.29. The number of benzene rings is 1. The molecule has 2 N–H and O–H groups in total. The highest BCUT2D eigenvalue weighted by molar-refractivity contribution is 5.91. The first-order valence-electron chi connectivity index (χ1n) is 7.13. The van der Waals surface area contributed by atoms with Crippen LogP contribution in [0.1, 0.15) is 32.8 Å². The predicted octanol–water partition coefficient (Wildman–Crippen LogP) is 2.51. The van der Waals surface area contributed by atoms with Crippen molar-refractivity contribution in [2.45, 2.75) is 38.6 Å². The van der Waals surface area contributed by atoms with E-state index in [1.165, 1.54) is 0 Å². The fourth-order valence-corrected chi connectivity index (χ4v) is 2.12. The Bertz CT molecular complexity index is 564. The van der Waals surface area contributed by atoms with E-state index in [9.17, 15) is 14.7 Å². The van der Waals surface area contributed by atoms with Crippen LogP contribution in [-0.2, 0) is 15.0 Å². The lowest BCUT2D eigenvalue weighted by Gasteiger charge is -2.27. The van der Waals surface area contributed by atoms with Gasteiger partial charge in [0.05, 0.1) is 12.5 Å². The Balaban J connectivity index is 3.00. The maximum atomic E-state index is 12.6. The summed E-state index contributed by atoms with van der Waals surface area (Å²) in [5, 5.41) is 11.8. The minimum atomic E-state index is -1.05. The van der Waals surface area contributed by atoms with Crippen LogP contribution in [0.25, 0.3) is 0 Å². The van der Waals surface area contributed by atoms with Crippen LogP contribution in [0.4, 0.5) is 0 Å². The minimum Gasteiger partial charge on any atom is -0.496 e. The van der Waals surface area contributed by atoms with Gasteiger partial charge in [0.15, 0.2) is 0 Å². The molecule has 0 heterocycles. The highest BCUT2D eigenvalue weighted by Crippen LogP contribution is 2.31. The fourth-order valence-electron chi connectivity index (χ4n) is 2.12. The molecule has 1 rings (SSSR count). The topological polar surface area (TPSA) is 75.6 Å². The molecule has 0 bridgehead atoms. The number of carboxylic acid groups (broad SMARTS) is 1. The van der Waals surface area contributed by atoms with Crippen LogP contribution < -0.4 is 10.1 Å². The summed E-state index contributed by atoms with van der Waals surface area (Å²) in [6.07, 6.45) is 3.72. The molecule has 22 heavy (non-hydrogen) atoms. The summed E-state index contributed by atoms with van der Waals surface area (Å²) in [5.41, 5.74) is -0.193. The summed E-state index contributed by atoms with van der Waals surface area (Å²) in [6, 6.07) is 6.28. The normalized spacial score (nSPS) is 12.9. The van der Waals surface area contributed by atoms with Crippen molar-refractivity contribution in [3.8, 4) is 5.75 Å². The van der Waals surface area contributed by atoms with Crippen molar-refractivity contribution in [2.75, 3.05) is 7.11 Å². The van der Waals surface area contributed by atoms with Gasteiger partial charge in [0.1, 0.15) is 11.8 Å². The first-order chi connectivity index (χ1) is 10.3. The average molecular weight is 305 g/mol. The van der Waals surface area contributed by atoms with Gasteiger partial charge >= 0.3 is 5.97 Å². The molecule has 0 fully saturated rings. The summed E-state index contributed by atoms with van der Waals surface area (Å²) < 4.78 is 5.29. The number of carbonyl (C=O) groups is 2. The Morgan fingerprint density at radius 2 is 2.00 bits per heavy atom. The second-order valence-electron chi connectivity index (χ2n) is 5.49. The van der Waals surface area contributed by atoms with Crippen molar-refractivity contribution in [1.29, 1.82) is 0 Å². The van der Waals surface area contributed by atoms with Crippen molar-refractivity contribution < 1.29 is 19.4 Å². The Morgan fingerprint density at radius 3 is 2.55 bits per heavy atom. The molecular weight excluding hydrogens is 282 g/mol. The summed E-state index contributed by atoms with van der Waals surface area (Å²) in [5.74, 6) is -0.806. The zero-order valence-electron chi connectivity index (χ0n) is 13.4. The zero-order valence-corrected chi connectivity index (χ0v) is 13.4. The molecule has 1 atom stereocenters. The molecule has 0 aliphatic rings. The van der Waals surface area contributed by atoms with E-state index in [2.05, 4.69) is 5.32 Å². The van der Waals surface area contributed by atoms with Gasteiger partial charge in [-0.1, -0.05) is 30.4 Å². The van der Waals surface area contributed by atoms with E-state index in [-0.39, 0.29) is 12.3 Å². The van der Waals surface area contributed by atoms with Gasteiger partial charge in [-0.05, 0) is 33.3 Å². The Labute approximate surface area is 131 Å². The molecule has 0 aromatic heterocycles. The van der Waals surface area contributed by atoms with Gasteiger partial charge in [0, 0.05) is 5.56 Å². The molecule has 1 amide bonds. The standard InChI is InChI=1S/C17H23NO4/c1-5-6-10-13(15(19)20)18-16(21)17(2,3)12-9-7-8-11-14(12)22-4/h5-9,11,13H,10H2,1-4H3,(H,18,21)(H,19,20)/b6-5+. The SMILES string of the molecule is C/C=C/CC(NC(=O)C(C)(C)c1ccccc1OC)C(=O)O. The van der Waals surface area contributed by atoms with E-state index in [1.807, 2.05) is 12.1 Å². The first-order valence-corrected chi connectivity index (χ1v) is 7.13. The van der Waals surface area contributed by atoms with Gasteiger partial charge in [0.2, 0.25) is 5.91 Å². The smallest absolute Gasteiger partial charge is 0.326 e. The molecular formula is C17H23NO4. The summed E-state index contributed by atoms with van der Waals surface area (Å²) in [7, 11) is 1.54. The molecule has 0 radical (unpaired) electrons. The second kappa shape index (κ2) is 7.64. The van der Waals surface area contributed by atoms with E-state index < -0.39 is 17.4 Å². The Morgan fingerprint density at radius 1 is 1.36 bits per heavy atom. The van der Waals surface area contributed by atoms with Crippen LogP contribution >= 0.6 is 0 Å². The Kier molecular flexibility index (Phi) is 6.16. The van der Waals surface area contributed by atoms with Crippen LogP contribution in [0.15, 0.2) is 36.4 Å². The largest absolute Gasteiger partial charge is 0.496 e. The number of nitrogens with one attached hydrogen (secondary N) is 1. The molecule has 0 aliphatic carbocycles. The van der Waals surface area contributed by atoms with Crippen LogP contribution in [-0.4, -0.2) is 30.1 Å². The molecule has 120 valence electrons. The molecule has 1 aromatic rings. The number of ether oxygens (including phenoxy) is 1. The summed E-state index contributed by atoms with van der Waals surface area (Å²) in [4.78, 5) is 23.8. The van der Waals surface area contributed by atoms with Gasteiger partial charge < -0.3 is 15.2 Å². The van der Waals surface area contributed by atoms with E-state index >= 15 is 0 Å². The maximum absolute atomic E-state index is 12.6. The van der Waals surface area contributed by atoms with Crippen LogP contribution in [0, 0.1) is 0 Å². The van der Waals surface area contributed by atoms with Gasteiger partial charge in [-0.3, -0.25) is 4.79 Å². The number of para-hydroxylation sites is 1. The monoisotopic (exact) mass is 305 g/mol. The van der Waals surface area contributed by atoms with Crippen molar-refractivity contribution in [2.24, 2.45) is 0 Å². The van der Waals surface area contributed by atoms with E-state index in [1.54, 1.807) is 52.2 Å². The molecule has 0 spiro atoms. The zero-order chi connectivity index (χ0) is 16.8. The molecule has 1 unspecified atom stereocenters. The molecule has 0 saturated heterocycles. The van der Waals surface area contributed by atoms with E-state index in [0.29, 0.717) is 11.3 Å². The number of carboxylic acids is 1. The average Bonchev–Trinajstić information content (AvgIpc) is 2.50. The number of aliphatic carboxylic acids is 1. The van der Waals surface area contributed by atoms with Gasteiger partial charge in [-0.25, -0.2) is 4.79 Å². The number of allylic oxidation sites excluding steroid dienone is 1. The lowest BCUT2D eigenvalue weighted by molar-refractivity contribution is -0.142. The fraction of sp³-hybridized carbons (Fsp3) is 0.412. The molecule has 0 saturated carbocycles. The number of carbonyl (C=O) groups excluding carboxylic acids is 1. The molecule has 0 aliphatic heterocycles. The lowest BCUT2D eigenvalue weighted by atomic mass is 9.82. The van der Waals surface area contributed by atoms with Gasteiger partial charge in [-0.2, -0.15) is 0 Å². The van der Waals surface area contributed by atoms with Gasteiger partial charge in [0.25, 0.3) is 0 Å². The van der Waals surface area contributed by atoms with Crippen molar-refractivity contribution in [3.05, 3.63) is 42.0 Å². The lowest BCUT2D eigenvalue weighted by Crippen LogP contribution is -2.48. The quantitative estimate of drug-likeness (QED) is 0.759. The van der Waals surface area contributed by atoms with E-state index in [4.69, 9.17) is 4.74 Å². The van der Waals surface area contributed by atoms with Crippen LogP contribution in [0.3, 0.4) is 0 Å². The third-order valence-corrected chi connectivity index (χ3v) is 3.56. The second-order valence-corrected chi connectivity index (χ2v) is 5.49. The Hall–Kier alpha value is -2.30. The molecule has 5 nitrogen and oxygen atoms in total. The van der Waals surface area contributed by atoms with Crippen LogP contribution in [0.2, 0.25) is 0 Å². The highest BCUT2D eigenvalue weighted by atomic mass is 16.5. The highest BCUT2D eigenvalue weighted by Gasteiger charge is 2.34. The molecule has 1 aromatic carbocycles. The van der Waals surface area contributed by atoms with Crippen molar-refractivity contribution >= 4 is 11.9 Å². The van der Waals surface area contributed by atoms with Crippen molar-refractivity contribution in [3.63, 3.8) is 0 Å². The third-order valence-electron chi connectivity index (χ3n) is 3.56. The van der Waals surface area contributed by atoms with E-state index in [0.717, 1.165) is 0 Å². The van der Waals surface area contributed by atoms with Crippen molar-refractivity contribution in [1.82, 2.24) is 5.32 Å². The number of amides is 1. The minimum absolute atomic E-state index is 0.250. The van der Waals surface area contributed by atoms with Gasteiger partial charge in [-0.15, -0.1) is 0 Å².